The van der Waals surface area contributed by atoms with Crippen molar-refractivity contribution in [3.63, 3.8) is 0 Å². The third-order valence-electron chi connectivity index (χ3n) is 2.17. The van der Waals surface area contributed by atoms with Gasteiger partial charge in [-0.1, -0.05) is 12.1 Å². The molecule has 82 valence electrons. The molecule has 0 saturated carbocycles. The van der Waals surface area contributed by atoms with Crippen LogP contribution in [0.15, 0.2) is 36.7 Å². The highest BCUT2D eigenvalue weighted by Crippen LogP contribution is 2.10. The number of aryl methyl sites for hydroxylation is 1. The van der Waals surface area contributed by atoms with Gasteiger partial charge in [0.05, 0.1) is 0 Å². The summed E-state index contributed by atoms with van der Waals surface area (Å²) >= 11 is 0. The Kier molecular flexibility index (Phi) is 3.00. The van der Waals surface area contributed by atoms with Crippen molar-refractivity contribution in [2.45, 2.75) is 13.5 Å². The SMILES string of the molecule is Cc1cnc(NCc2ccc(O)cc2)nc1. The molecule has 1 aromatic heterocycles. The molecular formula is C12H13N3O. The van der Waals surface area contributed by atoms with Crippen LogP contribution in [-0.4, -0.2) is 15.1 Å². The minimum Gasteiger partial charge on any atom is -0.508 e. The topological polar surface area (TPSA) is 58.0 Å². The lowest BCUT2D eigenvalue weighted by Crippen LogP contribution is -2.03. The molecule has 0 aliphatic rings. The van der Waals surface area contributed by atoms with Crippen LogP contribution in [0.5, 0.6) is 5.75 Å². The summed E-state index contributed by atoms with van der Waals surface area (Å²) in [5, 5.41) is 12.2. The smallest absolute Gasteiger partial charge is 0.222 e. The van der Waals surface area contributed by atoms with E-state index in [2.05, 4.69) is 15.3 Å². The van der Waals surface area contributed by atoms with E-state index < -0.39 is 0 Å². The van der Waals surface area contributed by atoms with Gasteiger partial charge in [0.15, 0.2) is 0 Å². The maximum absolute atomic E-state index is 9.13. The van der Waals surface area contributed by atoms with Crippen molar-refractivity contribution in [1.29, 1.82) is 0 Å². The second-order valence-corrected chi connectivity index (χ2v) is 3.60. The molecule has 0 atom stereocenters. The highest BCUT2D eigenvalue weighted by molar-refractivity contribution is 5.30. The number of rotatable bonds is 3. The zero-order chi connectivity index (χ0) is 11.4. The number of phenolic OH excluding ortho intramolecular Hbond substituents is 1. The lowest BCUT2D eigenvalue weighted by Gasteiger charge is -2.04. The maximum Gasteiger partial charge on any atom is 0.222 e. The molecule has 2 N–H and O–H groups in total. The number of nitrogens with zero attached hydrogens (tertiary/aromatic N) is 2. The van der Waals surface area contributed by atoms with Gasteiger partial charge >= 0.3 is 0 Å². The molecule has 0 aliphatic heterocycles. The lowest BCUT2D eigenvalue weighted by molar-refractivity contribution is 0.475. The third-order valence-corrected chi connectivity index (χ3v) is 2.17. The predicted molar refractivity (Wildman–Crippen MR) is 62.2 cm³/mol. The van der Waals surface area contributed by atoms with Gasteiger partial charge in [-0.3, -0.25) is 0 Å². The summed E-state index contributed by atoms with van der Waals surface area (Å²) in [5.41, 5.74) is 2.11. The van der Waals surface area contributed by atoms with E-state index in [1.807, 2.05) is 19.1 Å². The fourth-order valence-corrected chi connectivity index (χ4v) is 1.28. The normalized spacial score (nSPS) is 10.1. The zero-order valence-corrected chi connectivity index (χ0v) is 9.01. The number of aromatic hydroxyl groups is 1. The first kappa shape index (κ1) is 10.4. The van der Waals surface area contributed by atoms with Crippen molar-refractivity contribution in [3.8, 4) is 5.75 Å². The van der Waals surface area contributed by atoms with Crippen LogP contribution in [-0.2, 0) is 6.54 Å². The monoisotopic (exact) mass is 215 g/mol. The van der Waals surface area contributed by atoms with Crippen LogP contribution >= 0.6 is 0 Å². The second-order valence-electron chi connectivity index (χ2n) is 3.60. The molecule has 0 fully saturated rings. The zero-order valence-electron chi connectivity index (χ0n) is 9.01. The first-order valence-corrected chi connectivity index (χ1v) is 5.04. The molecule has 0 amide bonds. The van der Waals surface area contributed by atoms with Crippen molar-refractivity contribution < 1.29 is 5.11 Å². The fraction of sp³-hybridized carbons (Fsp3) is 0.167. The molecule has 2 rings (SSSR count). The summed E-state index contributed by atoms with van der Waals surface area (Å²) in [6.07, 6.45) is 3.54. The Morgan fingerprint density at radius 2 is 1.75 bits per heavy atom. The molecule has 4 heteroatoms. The van der Waals surface area contributed by atoms with Crippen molar-refractivity contribution in [2.75, 3.05) is 5.32 Å². The van der Waals surface area contributed by atoms with Gasteiger partial charge < -0.3 is 10.4 Å². The molecule has 4 nitrogen and oxygen atoms in total. The molecule has 1 heterocycles. The van der Waals surface area contributed by atoms with Crippen LogP contribution < -0.4 is 5.32 Å². The largest absolute Gasteiger partial charge is 0.508 e. The summed E-state index contributed by atoms with van der Waals surface area (Å²) in [4.78, 5) is 8.28. The fourth-order valence-electron chi connectivity index (χ4n) is 1.28. The van der Waals surface area contributed by atoms with Crippen LogP contribution in [0.4, 0.5) is 5.95 Å². The number of anilines is 1. The van der Waals surface area contributed by atoms with Crippen LogP contribution in [0.25, 0.3) is 0 Å². The first-order valence-electron chi connectivity index (χ1n) is 5.04. The Bertz CT molecular complexity index is 405. The second kappa shape index (κ2) is 4.61. The maximum atomic E-state index is 9.13. The molecule has 0 saturated heterocycles. The van der Waals surface area contributed by atoms with Gasteiger partial charge in [-0.05, 0) is 30.2 Å². The number of hydrogen-bond acceptors (Lipinski definition) is 4. The molecule has 1 aromatic carbocycles. The Hall–Kier alpha value is -2.10. The van der Waals surface area contributed by atoms with Crippen molar-refractivity contribution in [1.82, 2.24) is 9.97 Å². The average Bonchev–Trinajstić information content (AvgIpc) is 2.30. The van der Waals surface area contributed by atoms with Crippen molar-refractivity contribution in [2.24, 2.45) is 0 Å². The van der Waals surface area contributed by atoms with E-state index in [0.717, 1.165) is 11.1 Å². The Morgan fingerprint density at radius 3 is 2.38 bits per heavy atom. The van der Waals surface area contributed by atoms with E-state index in [1.165, 1.54) is 0 Å². The summed E-state index contributed by atoms with van der Waals surface area (Å²) in [6.45, 7) is 2.59. The lowest BCUT2D eigenvalue weighted by atomic mass is 10.2. The molecule has 16 heavy (non-hydrogen) atoms. The van der Waals surface area contributed by atoms with Crippen molar-refractivity contribution in [3.05, 3.63) is 47.8 Å². The minimum absolute atomic E-state index is 0.273. The van der Waals surface area contributed by atoms with Crippen LogP contribution in [0.2, 0.25) is 0 Å². The van der Waals surface area contributed by atoms with Gasteiger partial charge in [0, 0.05) is 18.9 Å². The van der Waals surface area contributed by atoms with E-state index in [1.54, 1.807) is 24.5 Å². The van der Waals surface area contributed by atoms with Crippen LogP contribution in [0.3, 0.4) is 0 Å². The van der Waals surface area contributed by atoms with E-state index in [0.29, 0.717) is 12.5 Å². The van der Waals surface area contributed by atoms with Gasteiger partial charge in [0.2, 0.25) is 5.95 Å². The quantitative estimate of drug-likeness (QED) is 0.823. The Labute approximate surface area is 94.0 Å². The van der Waals surface area contributed by atoms with Crippen LogP contribution in [0.1, 0.15) is 11.1 Å². The highest BCUT2D eigenvalue weighted by atomic mass is 16.3. The van der Waals surface area contributed by atoms with E-state index in [4.69, 9.17) is 5.11 Å². The summed E-state index contributed by atoms with van der Waals surface area (Å²) in [7, 11) is 0. The standard InChI is InChI=1S/C12H13N3O/c1-9-6-13-12(14-7-9)15-8-10-2-4-11(16)5-3-10/h2-7,16H,8H2,1H3,(H,13,14,15). The molecular weight excluding hydrogens is 202 g/mol. The van der Waals surface area contributed by atoms with Crippen LogP contribution in [0, 0.1) is 6.92 Å². The highest BCUT2D eigenvalue weighted by Gasteiger charge is 1.96. The summed E-state index contributed by atoms with van der Waals surface area (Å²) < 4.78 is 0. The van der Waals surface area contributed by atoms with E-state index >= 15 is 0 Å². The van der Waals surface area contributed by atoms with Gasteiger partial charge in [0.1, 0.15) is 5.75 Å². The average molecular weight is 215 g/mol. The third kappa shape index (κ3) is 2.70. The molecule has 0 aliphatic carbocycles. The summed E-state index contributed by atoms with van der Waals surface area (Å²) in [6, 6.07) is 7.03. The van der Waals surface area contributed by atoms with E-state index in [-0.39, 0.29) is 5.75 Å². The number of benzene rings is 1. The molecule has 0 bridgehead atoms. The van der Waals surface area contributed by atoms with Gasteiger partial charge in [-0.2, -0.15) is 0 Å². The number of nitrogens with one attached hydrogen (secondary N) is 1. The predicted octanol–water partition coefficient (Wildman–Crippen LogP) is 2.10. The molecule has 0 unspecified atom stereocenters. The number of aromatic nitrogens is 2. The van der Waals surface area contributed by atoms with Crippen molar-refractivity contribution >= 4 is 5.95 Å². The Balaban J connectivity index is 1.97. The minimum atomic E-state index is 0.273. The molecule has 2 aromatic rings. The Morgan fingerprint density at radius 1 is 1.12 bits per heavy atom. The first-order chi connectivity index (χ1) is 7.74. The number of hydrogen-bond donors (Lipinski definition) is 2. The van der Waals surface area contributed by atoms with Gasteiger partial charge in [0.25, 0.3) is 0 Å². The van der Waals surface area contributed by atoms with Gasteiger partial charge in [-0.25, -0.2) is 9.97 Å². The molecule has 0 spiro atoms. The molecule has 0 radical (unpaired) electrons. The summed E-state index contributed by atoms with van der Waals surface area (Å²) in [5.74, 6) is 0.883. The number of phenols is 1. The van der Waals surface area contributed by atoms with E-state index in [9.17, 15) is 0 Å². The van der Waals surface area contributed by atoms with Gasteiger partial charge in [-0.15, -0.1) is 0 Å².